The molecule has 1 heterocycles. The van der Waals surface area contributed by atoms with Crippen molar-refractivity contribution in [1.82, 2.24) is 10.3 Å². The Bertz CT molecular complexity index is 421. The van der Waals surface area contributed by atoms with E-state index in [0.717, 1.165) is 6.20 Å². The highest BCUT2D eigenvalue weighted by atomic mass is 19.1. The Kier molecular flexibility index (Phi) is 3.46. The van der Waals surface area contributed by atoms with E-state index in [9.17, 15) is 14.0 Å². The number of rotatable bonds is 2. The molecule has 1 saturated carbocycles. The largest absolute Gasteiger partial charge is 0.348 e. The highest BCUT2D eigenvalue weighted by molar-refractivity contribution is 5.92. The second kappa shape index (κ2) is 5.03. The van der Waals surface area contributed by atoms with Crippen molar-refractivity contribution in [2.45, 2.75) is 31.7 Å². The molecule has 0 unspecified atom stereocenters. The molecule has 0 radical (unpaired) electrons. The topological polar surface area (TPSA) is 59.1 Å². The van der Waals surface area contributed by atoms with Gasteiger partial charge in [0.1, 0.15) is 17.3 Å². The summed E-state index contributed by atoms with van der Waals surface area (Å²) in [5.41, 5.74) is 0.198. The average Bonchev–Trinajstić information content (AvgIpc) is 2.33. The maximum Gasteiger partial charge on any atom is 0.270 e. The van der Waals surface area contributed by atoms with Gasteiger partial charge in [-0.05, 0) is 25.0 Å². The molecule has 5 heteroatoms. The summed E-state index contributed by atoms with van der Waals surface area (Å²) in [6.45, 7) is 0. The average molecular weight is 236 g/mol. The first-order chi connectivity index (χ1) is 8.15. The van der Waals surface area contributed by atoms with E-state index >= 15 is 0 Å². The lowest BCUT2D eigenvalue weighted by Gasteiger charge is -2.21. The van der Waals surface area contributed by atoms with Crippen LogP contribution in [0.4, 0.5) is 4.39 Å². The van der Waals surface area contributed by atoms with Gasteiger partial charge >= 0.3 is 0 Å². The minimum atomic E-state index is -0.468. The Morgan fingerprint density at radius 3 is 2.65 bits per heavy atom. The summed E-state index contributed by atoms with van der Waals surface area (Å²) in [7, 11) is 0. The van der Waals surface area contributed by atoms with Gasteiger partial charge < -0.3 is 5.32 Å². The fourth-order valence-electron chi connectivity index (χ4n) is 1.85. The zero-order valence-electron chi connectivity index (χ0n) is 9.28. The number of aromatic nitrogens is 1. The molecule has 0 aliphatic heterocycles. The molecule has 0 aromatic carbocycles. The summed E-state index contributed by atoms with van der Waals surface area (Å²) in [6, 6.07) is 2.57. The van der Waals surface area contributed by atoms with Crippen LogP contribution in [0.3, 0.4) is 0 Å². The molecule has 1 aliphatic carbocycles. The lowest BCUT2D eigenvalue weighted by atomic mass is 9.94. The molecule has 1 amide bonds. The van der Waals surface area contributed by atoms with Gasteiger partial charge in [0, 0.05) is 18.9 Å². The van der Waals surface area contributed by atoms with Gasteiger partial charge in [-0.3, -0.25) is 9.59 Å². The maximum atomic E-state index is 12.6. The van der Waals surface area contributed by atoms with E-state index in [2.05, 4.69) is 10.3 Å². The van der Waals surface area contributed by atoms with Crippen LogP contribution in [0.25, 0.3) is 0 Å². The molecular formula is C12H13FN2O2. The lowest BCUT2D eigenvalue weighted by molar-refractivity contribution is -0.120. The third-order valence-corrected chi connectivity index (χ3v) is 2.84. The molecule has 0 bridgehead atoms. The van der Waals surface area contributed by atoms with E-state index in [4.69, 9.17) is 0 Å². The first-order valence-corrected chi connectivity index (χ1v) is 5.59. The molecule has 1 aromatic rings. The van der Waals surface area contributed by atoms with Crippen LogP contribution in [0, 0.1) is 5.82 Å². The summed E-state index contributed by atoms with van der Waals surface area (Å²) in [4.78, 5) is 26.5. The van der Waals surface area contributed by atoms with Gasteiger partial charge in [0.15, 0.2) is 0 Å². The number of nitrogens with zero attached hydrogens (tertiary/aromatic N) is 1. The van der Waals surface area contributed by atoms with Crippen LogP contribution >= 0.6 is 0 Å². The first kappa shape index (κ1) is 11.7. The number of carbonyl (C=O) groups excluding carboxylic acids is 2. The second-order valence-electron chi connectivity index (χ2n) is 4.15. The van der Waals surface area contributed by atoms with Crippen LogP contribution in [-0.4, -0.2) is 22.7 Å². The zero-order valence-corrected chi connectivity index (χ0v) is 9.28. The summed E-state index contributed by atoms with van der Waals surface area (Å²) in [5, 5.41) is 2.80. The van der Waals surface area contributed by atoms with Crippen molar-refractivity contribution >= 4 is 11.7 Å². The number of pyridine rings is 1. The van der Waals surface area contributed by atoms with E-state index < -0.39 is 5.82 Å². The van der Waals surface area contributed by atoms with Crippen molar-refractivity contribution in [3.8, 4) is 0 Å². The second-order valence-corrected chi connectivity index (χ2v) is 4.15. The summed E-state index contributed by atoms with van der Waals surface area (Å²) in [6.07, 6.45) is 3.39. The molecule has 0 atom stereocenters. The van der Waals surface area contributed by atoms with Crippen molar-refractivity contribution < 1.29 is 14.0 Å². The van der Waals surface area contributed by atoms with E-state index in [1.807, 2.05) is 0 Å². The molecule has 1 aromatic heterocycles. The standard InChI is InChI=1S/C12H13FN2O2/c13-8-1-6-11(14-7-8)12(17)15-9-2-4-10(16)5-3-9/h1,6-7,9H,2-5H2,(H,15,17). The van der Waals surface area contributed by atoms with Gasteiger partial charge in [0.05, 0.1) is 6.20 Å². The van der Waals surface area contributed by atoms with Crippen molar-refractivity contribution in [3.05, 3.63) is 29.8 Å². The Hall–Kier alpha value is -1.78. The molecular weight excluding hydrogens is 223 g/mol. The van der Waals surface area contributed by atoms with Gasteiger partial charge in [0.25, 0.3) is 5.91 Å². The number of hydrogen-bond donors (Lipinski definition) is 1. The fourth-order valence-corrected chi connectivity index (χ4v) is 1.85. The van der Waals surface area contributed by atoms with Gasteiger partial charge in [-0.15, -0.1) is 0 Å². The highest BCUT2D eigenvalue weighted by Gasteiger charge is 2.21. The van der Waals surface area contributed by atoms with Crippen molar-refractivity contribution in [2.75, 3.05) is 0 Å². The number of nitrogens with one attached hydrogen (secondary N) is 1. The fraction of sp³-hybridized carbons (Fsp3) is 0.417. The van der Waals surface area contributed by atoms with Gasteiger partial charge in [-0.2, -0.15) is 0 Å². The predicted molar refractivity (Wildman–Crippen MR) is 58.9 cm³/mol. The Morgan fingerprint density at radius 1 is 1.35 bits per heavy atom. The first-order valence-electron chi connectivity index (χ1n) is 5.59. The number of Topliss-reactive ketones (excluding diaryl/α,β-unsaturated/α-hetero) is 1. The molecule has 90 valence electrons. The Morgan fingerprint density at radius 2 is 2.06 bits per heavy atom. The summed E-state index contributed by atoms with van der Waals surface area (Å²) < 4.78 is 12.6. The lowest BCUT2D eigenvalue weighted by Crippen LogP contribution is -2.38. The van der Waals surface area contributed by atoms with E-state index in [0.29, 0.717) is 25.7 Å². The third kappa shape index (κ3) is 3.09. The summed E-state index contributed by atoms with van der Waals surface area (Å²) in [5.74, 6) is -0.537. The van der Waals surface area contributed by atoms with Crippen LogP contribution in [-0.2, 0) is 4.79 Å². The van der Waals surface area contributed by atoms with Crippen LogP contribution in [0.2, 0.25) is 0 Å². The van der Waals surface area contributed by atoms with Gasteiger partial charge in [-0.25, -0.2) is 9.37 Å². The Labute approximate surface area is 98.2 Å². The maximum absolute atomic E-state index is 12.6. The quantitative estimate of drug-likeness (QED) is 0.845. The normalized spacial score (nSPS) is 16.9. The molecule has 1 N–H and O–H groups in total. The number of halogens is 1. The molecule has 2 rings (SSSR count). The number of ketones is 1. The molecule has 0 saturated heterocycles. The van der Waals surface area contributed by atoms with Crippen molar-refractivity contribution in [1.29, 1.82) is 0 Å². The molecule has 1 fully saturated rings. The van der Waals surface area contributed by atoms with E-state index in [1.54, 1.807) is 0 Å². The van der Waals surface area contributed by atoms with Crippen LogP contribution in [0.1, 0.15) is 36.2 Å². The minimum Gasteiger partial charge on any atom is -0.348 e. The zero-order chi connectivity index (χ0) is 12.3. The van der Waals surface area contributed by atoms with Crippen molar-refractivity contribution in [2.24, 2.45) is 0 Å². The molecule has 1 aliphatic rings. The number of carbonyl (C=O) groups is 2. The van der Waals surface area contributed by atoms with Crippen LogP contribution in [0.5, 0.6) is 0 Å². The van der Waals surface area contributed by atoms with E-state index in [-0.39, 0.29) is 23.4 Å². The smallest absolute Gasteiger partial charge is 0.270 e. The monoisotopic (exact) mass is 236 g/mol. The SMILES string of the molecule is O=C1CCC(NC(=O)c2ccc(F)cn2)CC1. The van der Waals surface area contributed by atoms with Gasteiger partial charge in [0.2, 0.25) is 0 Å². The van der Waals surface area contributed by atoms with E-state index in [1.165, 1.54) is 12.1 Å². The van der Waals surface area contributed by atoms with Gasteiger partial charge in [-0.1, -0.05) is 0 Å². The number of amides is 1. The summed E-state index contributed by atoms with van der Waals surface area (Å²) >= 11 is 0. The predicted octanol–water partition coefficient (Wildman–Crippen LogP) is 1.46. The molecule has 0 spiro atoms. The molecule has 4 nitrogen and oxygen atoms in total. The Balaban J connectivity index is 1.93. The van der Waals surface area contributed by atoms with Crippen LogP contribution < -0.4 is 5.32 Å². The van der Waals surface area contributed by atoms with Crippen LogP contribution in [0.15, 0.2) is 18.3 Å². The number of hydrogen-bond acceptors (Lipinski definition) is 3. The molecule has 17 heavy (non-hydrogen) atoms. The highest BCUT2D eigenvalue weighted by Crippen LogP contribution is 2.15. The minimum absolute atomic E-state index is 0.0204. The van der Waals surface area contributed by atoms with Crippen molar-refractivity contribution in [3.63, 3.8) is 0 Å². The third-order valence-electron chi connectivity index (χ3n) is 2.84.